The van der Waals surface area contributed by atoms with E-state index in [0.717, 1.165) is 12.5 Å². The standard InChI is InChI=1S/C13H30N2/c1-5-8-13(4)12-14-9-11-15(7-3)10-6-2/h13-14H,5-12H2,1-4H3. The van der Waals surface area contributed by atoms with E-state index in [9.17, 15) is 0 Å². The molecule has 0 aromatic rings. The Labute approximate surface area is 96.4 Å². The maximum atomic E-state index is 3.55. The molecule has 1 N–H and O–H groups in total. The molecule has 0 spiro atoms. The summed E-state index contributed by atoms with van der Waals surface area (Å²) in [4.78, 5) is 2.51. The third-order valence-corrected chi connectivity index (χ3v) is 2.87. The molecular weight excluding hydrogens is 184 g/mol. The maximum Gasteiger partial charge on any atom is 0.0107 e. The molecule has 1 unspecified atom stereocenters. The predicted octanol–water partition coefficient (Wildman–Crippen LogP) is 2.74. The summed E-state index contributed by atoms with van der Waals surface area (Å²) in [6, 6.07) is 0. The summed E-state index contributed by atoms with van der Waals surface area (Å²) in [6.07, 6.45) is 3.92. The van der Waals surface area contributed by atoms with Gasteiger partial charge in [0, 0.05) is 13.1 Å². The van der Waals surface area contributed by atoms with Crippen LogP contribution in [0.15, 0.2) is 0 Å². The van der Waals surface area contributed by atoms with Gasteiger partial charge in [0.1, 0.15) is 0 Å². The molecule has 0 aromatic carbocycles. The van der Waals surface area contributed by atoms with Gasteiger partial charge in [-0.1, -0.05) is 34.1 Å². The number of hydrogen-bond acceptors (Lipinski definition) is 2. The topological polar surface area (TPSA) is 15.3 Å². The van der Waals surface area contributed by atoms with Crippen LogP contribution >= 0.6 is 0 Å². The SMILES string of the molecule is CCCC(C)CNCCN(CC)CCC. The quantitative estimate of drug-likeness (QED) is 0.563. The second-order valence-electron chi connectivity index (χ2n) is 4.53. The van der Waals surface area contributed by atoms with Gasteiger partial charge >= 0.3 is 0 Å². The number of nitrogens with one attached hydrogen (secondary N) is 1. The first-order valence-corrected chi connectivity index (χ1v) is 6.67. The van der Waals surface area contributed by atoms with Gasteiger partial charge in [0.05, 0.1) is 0 Å². The molecule has 0 amide bonds. The first-order valence-electron chi connectivity index (χ1n) is 6.67. The first kappa shape index (κ1) is 14.9. The lowest BCUT2D eigenvalue weighted by molar-refractivity contribution is 0.285. The van der Waals surface area contributed by atoms with E-state index in [4.69, 9.17) is 0 Å². The summed E-state index contributed by atoms with van der Waals surface area (Å²) in [5.74, 6) is 0.830. The summed E-state index contributed by atoms with van der Waals surface area (Å²) in [6.45, 7) is 15.0. The summed E-state index contributed by atoms with van der Waals surface area (Å²) in [7, 11) is 0. The van der Waals surface area contributed by atoms with Gasteiger partial charge in [-0.15, -0.1) is 0 Å². The Hall–Kier alpha value is -0.0800. The van der Waals surface area contributed by atoms with Gasteiger partial charge in [0.25, 0.3) is 0 Å². The fourth-order valence-electron chi connectivity index (χ4n) is 1.92. The second kappa shape index (κ2) is 10.4. The Balaban J connectivity index is 3.35. The molecule has 0 aliphatic carbocycles. The molecule has 0 fully saturated rings. The minimum Gasteiger partial charge on any atom is -0.315 e. The van der Waals surface area contributed by atoms with Crippen molar-refractivity contribution in [2.75, 3.05) is 32.7 Å². The molecule has 0 radical (unpaired) electrons. The molecule has 0 heterocycles. The molecular formula is C13H30N2. The molecule has 15 heavy (non-hydrogen) atoms. The first-order chi connectivity index (χ1) is 7.24. The molecule has 1 atom stereocenters. The zero-order chi connectivity index (χ0) is 11.5. The lowest BCUT2D eigenvalue weighted by Crippen LogP contribution is -2.34. The van der Waals surface area contributed by atoms with Crippen LogP contribution in [0.25, 0.3) is 0 Å². The van der Waals surface area contributed by atoms with E-state index in [1.54, 1.807) is 0 Å². The van der Waals surface area contributed by atoms with E-state index >= 15 is 0 Å². The van der Waals surface area contributed by atoms with E-state index in [0.29, 0.717) is 0 Å². The van der Waals surface area contributed by atoms with Crippen molar-refractivity contribution in [1.29, 1.82) is 0 Å². The Kier molecular flexibility index (Phi) is 10.4. The predicted molar refractivity (Wildman–Crippen MR) is 69.3 cm³/mol. The van der Waals surface area contributed by atoms with Crippen LogP contribution in [-0.4, -0.2) is 37.6 Å². The largest absolute Gasteiger partial charge is 0.315 e. The van der Waals surface area contributed by atoms with E-state index in [1.165, 1.54) is 45.4 Å². The number of likely N-dealkylation sites (N-methyl/N-ethyl adjacent to an activating group) is 1. The number of nitrogens with zero attached hydrogens (tertiary/aromatic N) is 1. The van der Waals surface area contributed by atoms with Gasteiger partial charge in [-0.25, -0.2) is 0 Å². The minimum absolute atomic E-state index is 0.830. The molecule has 92 valence electrons. The van der Waals surface area contributed by atoms with E-state index in [1.807, 2.05) is 0 Å². The monoisotopic (exact) mass is 214 g/mol. The van der Waals surface area contributed by atoms with Crippen LogP contribution in [0.5, 0.6) is 0 Å². The average Bonchev–Trinajstić information content (AvgIpc) is 2.23. The van der Waals surface area contributed by atoms with Crippen molar-refractivity contribution in [3.05, 3.63) is 0 Å². The van der Waals surface area contributed by atoms with Gasteiger partial charge in [-0.05, 0) is 38.4 Å². The van der Waals surface area contributed by atoms with Crippen molar-refractivity contribution in [3.63, 3.8) is 0 Å². The number of rotatable bonds is 10. The Morgan fingerprint density at radius 1 is 1.07 bits per heavy atom. The smallest absolute Gasteiger partial charge is 0.0107 e. The van der Waals surface area contributed by atoms with Gasteiger partial charge < -0.3 is 10.2 Å². The highest BCUT2D eigenvalue weighted by Crippen LogP contribution is 2.02. The Bertz CT molecular complexity index is 126. The summed E-state index contributed by atoms with van der Waals surface area (Å²) < 4.78 is 0. The lowest BCUT2D eigenvalue weighted by atomic mass is 10.1. The third kappa shape index (κ3) is 8.88. The molecule has 0 saturated carbocycles. The van der Waals surface area contributed by atoms with Crippen LogP contribution in [-0.2, 0) is 0 Å². The minimum atomic E-state index is 0.830. The van der Waals surface area contributed by atoms with Crippen LogP contribution in [0.3, 0.4) is 0 Å². The van der Waals surface area contributed by atoms with Crippen molar-refractivity contribution >= 4 is 0 Å². The highest BCUT2D eigenvalue weighted by Gasteiger charge is 2.02. The molecule has 0 aliphatic rings. The summed E-state index contributed by atoms with van der Waals surface area (Å²) in [5, 5.41) is 3.55. The van der Waals surface area contributed by atoms with E-state index < -0.39 is 0 Å². The molecule has 0 bridgehead atoms. The summed E-state index contributed by atoms with van der Waals surface area (Å²) in [5.41, 5.74) is 0. The van der Waals surface area contributed by atoms with Crippen LogP contribution in [0.2, 0.25) is 0 Å². The lowest BCUT2D eigenvalue weighted by Gasteiger charge is -2.20. The van der Waals surface area contributed by atoms with Crippen molar-refractivity contribution in [2.24, 2.45) is 5.92 Å². The van der Waals surface area contributed by atoms with Crippen LogP contribution in [0.1, 0.15) is 47.0 Å². The van der Waals surface area contributed by atoms with Crippen molar-refractivity contribution < 1.29 is 0 Å². The molecule has 2 nitrogen and oxygen atoms in total. The van der Waals surface area contributed by atoms with Crippen molar-refractivity contribution in [2.45, 2.75) is 47.0 Å². The van der Waals surface area contributed by atoms with Crippen molar-refractivity contribution in [1.82, 2.24) is 10.2 Å². The average molecular weight is 214 g/mol. The molecule has 0 aliphatic heterocycles. The fraction of sp³-hybridized carbons (Fsp3) is 1.00. The van der Waals surface area contributed by atoms with E-state index in [2.05, 4.69) is 37.9 Å². The fourth-order valence-corrected chi connectivity index (χ4v) is 1.92. The van der Waals surface area contributed by atoms with Crippen LogP contribution in [0.4, 0.5) is 0 Å². The maximum absolute atomic E-state index is 3.55. The van der Waals surface area contributed by atoms with Crippen molar-refractivity contribution in [3.8, 4) is 0 Å². The third-order valence-electron chi connectivity index (χ3n) is 2.87. The van der Waals surface area contributed by atoms with Gasteiger partial charge in [-0.2, -0.15) is 0 Å². The second-order valence-corrected chi connectivity index (χ2v) is 4.53. The zero-order valence-corrected chi connectivity index (χ0v) is 11.2. The zero-order valence-electron chi connectivity index (χ0n) is 11.2. The molecule has 0 aromatic heterocycles. The Morgan fingerprint density at radius 3 is 2.33 bits per heavy atom. The molecule has 0 rings (SSSR count). The van der Waals surface area contributed by atoms with Gasteiger partial charge in [-0.3, -0.25) is 0 Å². The van der Waals surface area contributed by atoms with Crippen LogP contribution < -0.4 is 5.32 Å². The summed E-state index contributed by atoms with van der Waals surface area (Å²) >= 11 is 0. The van der Waals surface area contributed by atoms with E-state index in [-0.39, 0.29) is 0 Å². The van der Waals surface area contributed by atoms with Crippen LogP contribution in [0, 0.1) is 5.92 Å². The van der Waals surface area contributed by atoms with Gasteiger partial charge in [0.15, 0.2) is 0 Å². The highest BCUT2D eigenvalue weighted by molar-refractivity contribution is 4.60. The highest BCUT2D eigenvalue weighted by atomic mass is 15.1. The molecule has 0 saturated heterocycles. The molecule has 2 heteroatoms. The Morgan fingerprint density at radius 2 is 1.80 bits per heavy atom. The van der Waals surface area contributed by atoms with Gasteiger partial charge in [0.2, 0.25) is 0 Å². The normalized spacial score (nSPS) is 13.4. The number of hydrogen-bond donors (Lipinski definition) is 1.